The molecule has 10 heteroatoms. The SMILES string of the molecule is CC(=O)NC1C(=O)N2CC(C(=O)OCC(=O)c3ccccc3)(N3CCOCC3)CS[C@H]12. The average molecular weight is 448 g/mol. The molecule has 1 aromatic carbocycles. The Labute approximate surface area is 184 Å². The maximum absolute atomic E-state index is 13.3. The summed E-state index contributed by atoms with van der Waals surface area (Å²) in [5.41, 5.74) is -0.580. The van der Waals surface area contributed by atoms with E-state index in [9.17, 15) is 19.2 Å². The standard InChI is InChI=1S/C21H25N3O6S/c1-14(25)22-17-18(27)24-12-21(13-31-19(17)24,23-7-9-29-10-8-23)20(28)30-11-16(26)15-5-3-2-4-6-15/h2-6,17,19H,7-13H2,1H3,(H,22,25)/t17?,19-,21?/m1/s1. The van der Waals surface area contributed by atoms with Crippen LogP contribution in [0.5, 0.6) is 0 Å². The van der Waals surface area contributed by atoms with E-state index in [-0.39, 0.29) is 36.1 Å². The van der Waals surface area contributed by atoms with Gasteiger partial charge in [-0.25, -0.2) is 4.79 Å². The minimum atomic E-state index is -1.06. The van der Waals surface area contributed by atoms with Crippen LogP contribution < -0.4 is 5.32 Å². The van der Waals surface area contributed by atoms with Gasteiger partial charge in [0.1, 0.15) is 17.0 Å². The lowest BCUT2D eigenvalue weighted by molar-refractivity contribution is -0.167. The number of esters is 1. The second kappa shape index (κ2) is 8.97. The van der Waals surface area contributed by atoms with Gasteiger partial charge in [0.25, 0.3) is 0 Å². The minimum Gasteiger partial charge on any atom is -0.456 e. The van der Waals surface area contributed by atoms with Crippen molar-refractivity contribution in [3.63, 3.8) is 0 Å². The van der Waals surface area contributed by atoms with Crippen molar-refractivity contribution in [2.45, 2.75) is 23.9 Å². The molecule has 3 aliphatic heterocycles. The van der Waals surface area contributed by atoms with E-state index in [1.807, 2.05) is 11.0 Å². The molecule has 1 N–H and O–H groups in total. The first kappa shape index (κ1) is 21.8. The van der Waals surface area contributed by atoms with E-state index in [1.165, 1.54) is 18.7 Å². The molecule has 3 atom stereocenters. The van der Waals surface area contributed by atoms with Crippen molar-refractivity contribution in [2.24, 2.45) is 0 Å². The van der Waals surface area contributed by atoms with Gasteiger partial charge >= 0.3 is 5.97 Å². The molecule has 3 heterocycles. The first-order chi connectivity index (χ1) is 14.9. The molecule has 0 bridgehead atoms. The molecule has 0 radical (unpaired) electrons. The minimum absolute atomic E-state index is 0.165. The van der Waals surface area contributed by atoms with Crippen LogP contribution in [0.4, 0.5) is 0 Å². The van der Waals surface area contributed by atoms with Crippen molar-refractivity contribution in [1.82, 2.24) is 15.1 Å². The van der Waals surface area contributed by atoms with Gasteiger partial charge in [-0.3, -0.25) is 19.3 Å². The van der Waals surface area contributed by atoms with Crippen LogP contribution in [-0.2, 0) is 23.9 Å². The zero-order valence-electron chi connectivity index (χ0n) is 17.2. The monoisotopic (exact) mass is 447 g/mol. The van der Waals surface area contributed by atoms with E-state index in [4.69, 9.17) is 9.47 Å². The molecule has 31 heavy (non-hydrogen) atoms. The summed E-state index contributed by atoms with van der Waals surface area (Å²) < 4.78 is 10.9. The fraction of sp³-hybridized carbons (Fsp3) is 0.524. The van der Waals surface area contributed by atoms with E-state index in [0.29, 0.717) is 37.6 Å². The normalized spacial score (nSPS) is 28.3. The Morgan fingerprint density at radius 3 is 2.61 bits per heavy atom. The highest BCUT2D eigenvalue weighted by atomic mass is 32.2. The highest BCUT2D eigenvalue weighted by Crippen LogP contribution is 2.41. The topological polar surface area (TPSA) is 105 Å². The van der Waals surface area contributed by atoms with Crippen LogP contribution in [-0.4, -0.2) is 95.5 Å². The summed E-state index contributed by atoms with van der Waals surface area (Å²) in [5.74, 6) is -0.866. The number of nitrogens with zero attached hydrogens (tertiary/aromatic N) is 2. The maximum Gasteiger partial charge on any atom is 0.329 e. The van der Waals surface area contributed by atoms with Gasteiger partial charge in [0, 0.05) is 31.3 Å². The number of thioether (sulfide) groups is 1. The third-order valence-corrected chi connectivity index (χ3v) is 7.36. The Morgan fingerprint density at radius 2 is 1.94 bits per heavy atom. The molecular weight excluding hydrogens is 422 g/mol. The predicted octanol–water partition coefficient (Wildman–Crippen LogP) is -0.0967. The molecule has 0 aromatic heterocycles. The summed E-state index contributed by atoms with van der Waals surface area (Å²) in [5, 5.41) is 2.47. The summed E-state index contributed by atoms with van der Waals surface area (Å²) in [4.78, 5) is 53.4. The molecule has 1 aromatic rings. The number of hydrogen-bond donors (Lipinski definition) is 1. The molecule has 3 aliphatic rings. The van der Waals surface area contributed by atoms with Gasteiger partial charge < -0.3 is 19.7 Å². The number of rotatable bonds is 6. The van der Waals surface area contributed by atoms with Crippen LogP contribution in [0.1, 0.15) is 17.3 Å². The van der Waals surface area contributed by atoms with E-state index in [2.05, 4.69) is 5.32 Å². The largest absolute Gasteiger partial charge is 0.456 e. The van der Waals surface area contributed by atoms with Crippen molar-refractivity contribution < 1.29 is 28.7 Å². The van der Waals surface area contributed by atoms with Crippen LogP contribution in [0.15, 0.2) is 30.3 Å². The van der Waals surface area contributed by atoms with Gasteiger partial charge in [-0.15, -0.1) is 11.8 Å². The number of Topliss-reactive ketones (excluding diaryl/α,β-unsaturated/α-hetero) is 1. The fourth-order valence-corrected chi connectivity index (χ4v) is 5.76. The lowest BCUT2D eigenvalue weighted by Gasteiger charge is -2.56. The van der Waals surface area contributed by atoms with E-state index in [0.717, 1.165) is 0 Å². The summed E-state index contributed by atoms with van der Waals surface area (Å²) >= 11 is 1.45. The number of amides is 2. The molecule has 0 aliphatic carbocycles. The second-order valence-corrected chi connectivity index (χ2v) is 8.95. The van der Waals surface area contributed by atoms with Crippen molar-refractivity contribution in [2.75, 3.05) is 45.2 Å². The Morgan fingerprint density at radius 1 is 1.23 bits per heavy atom. The summed E-state index contributed by atoms with van der Waals surface area (Å²) in [6.07, 6.45) is 0. The van der Waals surface area contributed by atoms with Gasteiger partial charge in [-0.05, 0) is 0 Å². The maximum atomic E-state index is 13.3. The molecule has 9 nitrogen and oxygen atoms in total. The van der Waals surface area contributed by atoms with Gasteiger partial charge in [0.15, 0.2) is 12.4 Å². The van der Waals surface area contributed by atoms with Gasteiger partial charge in [0.2, 0.25) is 11.8 Å². The predicted molar refractivity (Wildman–Crippen MR) is 112 cm³/mol. The zero-order valence-corrected chi connectivity index (χ0v) is 18.1. The molecule has 0 spiro atoms. The van der Waals surface area contributed by atoms with Crippen molar-refractivity contribution in [3.05, 3.63) is 35.9 Å². The number of carbonyl (C=O) groups is 4. The number of carbonyl (C=O) groups excluding carboxylic acids is 4. The Bertz CT molecular complexity index is 875. The highest BCUT2D eigenvalue weighted by Gasteiger charge is 2.59. The van der Waals surface area contributed by atoms with E-state index in [1.54, 1.807) is 29.2 Å². The smallest absolute Gasteiger partial charge is 0.329 e. The first-order valence-corrected chi connectivity index (χ1v) is 11.2. The first-order valence-electron chi connectivity index (χ1n) is 10.2. The molecular formula is C21H25N3O6S. The third kappa shape index (κ3) is 4.19. The Balaban J connectivity index is 1.48. The van der Waals surface area contributed by atoms with Crippen LogP contribution in [0.3, 0.4) is 0 Å². The summed E-state index contributed by atoms with van der Waals surface area (Å²) in [7, 11) is 0. The van der Waals surface area contributed by atoms with Crippen molar-refractivity contribution in [1.29, 1.82) is 0 Å². The molecule has 166 valence electrons. The second-order valence-electron chi connectivity index (χ2n) is 7.84. The summed E-state index contributed by atoms with van der Waals surface area (Å²) in [6, 6.07) is 8.10. The molecule has 3 saturated heterocycles. The number of ether oxygens (including phenoxy) is 2. The van der Waals surface area contributed by atoms with Crippen LogP contribution in [0.25, 0.3) is 0 Å². The fourth-order valence-electron chi connectivity index (χ4n) is 4.19. The Kier molecular flexibility index (Phi) is 6.31. The highest BCUT2D eigenvalue weighted by molar-refractivity contribution is 8.00. The molecule has 4 rings (SSSR count). The van der Waals surface area contributed by atoms with E-state index < -0.39 is 17.6 Å². The number of morpholine rings is 1. The van der Waals surface area contributed by atoms with Crippen LogP contribution >= 0.6 is 11.8 Å². The quantitative estimate of drug-likeness (QED) is 0.366. The number of ketones is 1. The number of benzene rings is 1. The molecule has 2 unspecified atom stereocenters. The van der Waals surface area contributed by atoms with Gasteiger partial charge in [0.05, 0.1) is 19.8 Å². The lowest BCUT2D eigenvalue weighted by Crippen LogP contribution is -2.78. The van der Waals surface area contributed by atoms with Crippen molar-refractivity contribution in [3.8, 4) is 0 Å². The molecule has 0 saturated carbocycles. The van der Waals surface area contributed by atoms with Gasteiger partial charge in [-0.1, -0.05) is 30.3 Å². The number of β-lactam (4-membered cyclic amide) rings is 1. The van der Waals surface area contributed by atoms with E-state index >= 15 is 0 Å². The third-order valence-electron chi connectivity index (χ3n) is 5.85. The molecule has 2 amide bonds. The number of fused-ring (bicyclic) bond motifs is 1. The van der Waals surface area contributed by atoms with Crippen LogP contribution in [0, 0.1) is 0 Å². The zero-order chi connectivity index (χ0) is 22.0. The average Bonchev–Trinajstić information content (AvgIpc) is 2.81. The van der Waals surface area contributed by atoms with Crippen molar-refractivity contribution >= 4 is 35.3 Å². The lowest BCUT2D eigenvalue weighted by atomic mass is 9.93. The number of hydrogen-bond acceptors (Lipinski definition) is 8. The Hall–Kier alpha value is -2.43. The van der Waals surface area contributed by atoms with Crippen LogP contribution in [0.2, 0.25) is 0 Å². The molecule has 3 fully saturated rings. The number of nitrogens with one attached hydrogen (secondary N) is 1. The summed E-state index contributed by atoms with van der Waals surface area (Å²) in [6.45, 7) is 3.21. The van der Waals surface area contributed by atoms with Gasteiger partial charge in [-0.2, -0.15) is 0 Å².